The second-order valence-electron chi connectivity index (χ2n) is 5.19. The smallest absolute Gasteiger partial charge is 0.300 e. The van der Waals surface area contributed by atoms with E-state index in [4.69, 9.17) is 9.47 Å². The number of nitrogens with zero attached hydrogens (tertiary/aromatic N) is 2. The van der Waals surface area contributed by atoms with Crippen LogP contribution in [0.1, 0.15) is 17.3 Å². The average Bonchev–Trinajstić information content (AvgIpc) is 2.50. The van der Waals surface area contributed by atoms with Gasteiger partial charge in [0.2, 0.25) is 0 Å². The second kappa shape index (κ2) is 6.62. The molecule has 1 aliphatic heterocycles. The number of hydrogen-bond donors (Lipinski definition) is 4. The number of nitrogens with one attached hydrogen (secondary N) is 1. The fourth-order valence-corrected chi connectivity index (χ4v) is 2.25. The summed E-state index contributed by atoms with van der Waals surface area (Å²) in [6.07, 6.45) is -5.30. The molecule has 4 atom stereocenters. The lowest BCUT2D eigenvalue weighted by molar-refractivity contribution is -0.178. The Bertz CT molecular complexity index is 660. The third-order valence-corrected chi connectivity index (χ3v) is 3.56. The molecule has 1 saturated heterocycles. The number of hydrogen-bond acceptors (Lipinski definition) is 9. The van der Waals surface area contributed by atoms with Crippen molar-refractivity contribution in [1.82, 2.24) is 9.55 Å². The monoisotopic (exact) mass is 329 g/mol. The Kier molecular flexibility index (Phi) is 5.00. The standard InChI is InChI=1S/C13H19N3O7/c1-5(17)7-10(15-13(22-3)16(2)12(7)21)14-11-9(20)8(19)6(18)4-23-11/h6,8-9,11,14,18-20H,4H2,1-3H3/t6-,8-,9-,11-/m1/s1. The lowest BCUT2D eigenvalue weighted by Crippen LogP contribution is -2.55. The second-order valence-corrected chi connectivity index (χ2v) is 5.19. The molecule has 0 saturated carbocycles. The SMILES string of the molecule is COc1nc(N[C@@H]2OC[C@@H](O)[C@@H](O)[C@H]2O)c(C(C)=O)c(=O)n1C. The number of carbonyl (C=O) groups is 1. The molecule has 0 bridgehead atoms. The zero-order valence-electron chi connectivity index (χ0n) is 12.9. The Labute approximate surface area is 131 Å². The fraction of sp³-hybridized carbons (Fsp3) is 0.615. The van der Waals surface area contributed by atoms with Crippen LogP contribution in [-0.4, -0.2) is 68.9 Å². The summed E-state index contributed by atoms with van der Waals surface area (Å²) in [6.45, 7) is 0.972. The maximum absolute atomic E-state index is 12.2. The molecule has 1 aromatic rings. The Balaban J connectivity index is 2.41. The van der Waals surface area contributed by atoms with Gasteiger partial charge in [0.15, 0.2) is 12.0 Å². The van der Waals surface area contributed by atoms with E-state index in [-0.39, 0.29) is 24.0 Å². The van der Waals surface area contributed by atoms with Crippen molar-refractivity contribution in [3.8, 4) is 6.01 Å². The van der Waals surface area contributed by atoms with Gasteiger partial charge in [0, 0.05) is 7.05 Å². The van der Waals surface area contributed by atoms with Crippen LogP contribution in [0.5, 0.6) is 6.01 Å². The molecule has 1 aromatic heterocycles. The maximum atomic E-state index is 12.2. The van der Waals surface area contributed by atoms with Crippen LogP contribution < -0.4 is 15.6 Å². The van der Waals surface area contributed by atoms with Crippen molar-refractivity contribution in [2.24, 2.45) is 7.05 Å². The van der Waals surface area contributed by atoms with Gasteiger partial charge in [-0.05, 0) is 6.92 Å². The molecule has 10 nitrogen and oxygen atoms in total. The summed E-state index contributed by atoms with van der Waals surface area (Å²) in [7, 11) is 2.71. The molecule has 0 radical (unpaired) electrons. The van der Waals surface area contributed by atoms with E-state index in [1.807, 2.05) is 0 Å². The number of ketones is 1. The average molecular weight is 329 g/mol. The molecule has 1 fully saturated rings. The van der Waals surface area contributed by atoms with Gasteiger partial charge in [0.05, 0.1) is 13.7 Å². The minimum atomic E-state index is -1.48. The molecule has 23 heavy (non-hydrogen) atoms. The van der Waals surface area contributed by atoms with Crippen molar-refractivity contribution in [1.29, 1.82) is 0 Å². The van der Waals surface area contributed by atoms with Crippen molar-refractivity contribution < 1.29 is 29.6 Å². The van der Waals surface area contributed by atoms with E-state index < -0.39 is 35.9 Å². The first-order chi connectivity index (χ1) is 10.8. The number of aliphatic hydroxyl groups is 3. The summed E-state index contributed by atoms with van der Waals surface area (Å²) in [6, 6.07) is -0.0478. The molecule has 0 amide bonds. The quantitative estimate of drug-likeness (QED) is 0.454. The third-order valence-electron chi connectivity index (χ3n) is 3.56. The predicted octanol–water partition coefficient (Wildman–Crippen LogP) is -2.16. The van der Waals surface area contributed by atoms with Crippen molar-refractivity contribution in [2.45, 2.75) is 31.5 Å². The number of aromatic nitrogens is 2. The van der Waals surface area contributed by atoms with Crippen molar-refractivity contribution >= 4 is 11.6 Å². The van der Waals surface area contributed by atoms with E-state index >= 15 is 0 Å². The Morgan fingerprint density at radius 1 is 1.39 bits per heavy atom. The molecule has 10 heteroatoms. The highest BCUT2D eigenvalue weighted by atomic mass is 16.5. The summed E-state index contributed by atoms with van der Waals surface area (Å²) < 4.78 is 11.2. The van der Waals surface area contributed by atoms with E-state index in [9.17, 15) is 24.9 Å². The van der Waals surface area contributed by atoms with Gasteiger partial charge >= 0.3 is 6.01 Å². The van der Waals surface area contributed by atoms with Gasteiger partial charge < -0.3 is 30.1 Å². The van der Waals surface area contributed by atoms with Crippen molar-refractivity contribution in [3.05, 3.63) is 15.9 Å². The summed E-state index contributed by atoms with van der Waals surface area (Å²) in [5.74, 6) is -0.667. The van der Waals surface area contributed by atoms with Gasteiger partial charge in [-0.15, -0.1) is 0 Å². The number of anilines is 1. The van der Waals surface area contributed by atoms with Crippen LogP contribution in [0.25, 0.3) is 0 Å². The fourth-order valence-electron chi connectivity index (χ4n) is 2.25. The molecule has 0 aromatic carbocycles. The van der Waals surface area contributed by atoms with Crippen LogP contribution in [0.4, 0.5) is 5.82 Å². The zero-order valence-corrected chi connectivity index (χ0v) is 12.9. The molecule has 128 valence electrons. The minimum absolute atomic E-state index is 0.0478. The molecular weight excluding hydrogens is 310 g/mol. The van der Waals surface area contributed by atoms with E-state index in [1.54, 1.807) is 0 Å². The highest BCUT2D eigenvalue weighted by Gasteiger charge is 2.38. The predicted molar refractivity (Wildman–Crippen MR) is 77.4 cm³/mol. The molecule has 2 heterocycles. The zero-order chi connectivity index (χ0) is 17.3. The summed E-state index contributed by atoms with van der Waals surface area (Å²) in [4.78, 5) is 28.0. The lowest BCUT2D eigenvalue weighted by atomic mass is 10.0. The summed E-state index contributed by atoms with van der Waals surface area (Å²) in [5, 5.41) is 31.6. The van der Waals surface area contributed by atoms with E-state index in [1.165, 1.54) is 21.1 Å². The molecule has 0 aliphatic carbocycles. The number of rotatable bonds is 4. The van der Waals surface area contributed by atoms with Crippen molar-refractivity contribution in [2.75, 3.05) is 19.0 Å². The van der Waals surface area contributed by atoms with Crippen LogP contribution in [0, 0.1) is 0 Å². The first-order valence-corrected chi connectivity index (χ1v) is 6.86. The number of methoxy groups -OCH3 is 1. The minimum Gasteiger partial charge on any atom is -0.468 e. The van der Waals surface area contributed by atoms with Gasteiger partial charge in [-0.1, -0.05) is 0 Å². The topological polar surface area (TPSA) is 143 Å². The normalized spacial score (nSPS) is 27.6. The number of aliphatic hydroxyl groups excluding tert-OH is 3. The highest BCUT2D eigenvalue weighted by Crippen LogP contribution is 2.20. The molecule has 2 rings (SSSR count). The van der Waals surface area contributed by atoms with Gasteiger partial charge in [-0.25, -0.2) is 0 Å². The van der Waals surface area contributed by atoms with Crippen LogP contribution in [0.3, 0.4) is 0 Å². The Morgan fingerprint density at radius 2 is 2.04 bits per heavy atom. The Hall–Kier alpha value is -2.01. The van der Waals surface area contributed by atoms with E-state index in [0.29, 0.717) is 0 Å². The number of Topliss-reactive ketones (excluding diaryl/α,β-unsaturated/α-hetero) is 1. The summed E-state index contributed by atoms with van der Waals surface area (Å²) >= 11 is 0. The largest absolute Gasteiger partial charge is 0.468 e. The van der Waals surface area contributed by atoms with Crippen LogP contribution >= 0.6 is 0 Å². The van der Waals surface area contributed by atoms with Gasteiger partial charge in [-0.2, -0.15) is 4.98 Å². The first kappa shape index (κ1) is 17.3. The third kappa shape index (κ3) is 3.20. The van der Waals surface area contributed by atoms with Gasteiger partial charge in [0.25, 0.3) is 5.56 Å². The van der Waals surface area contributed by atoms with E-state index in [2.05, 4.69) is 10.3 Å². The molecule has 0 spiro atoms. The Morgan fingerprint density at radius 3 is 2.61 bits per heavy atom. The lowest BCUT2D eigenvalue weighted by Gasteiger charge is -2.35. The molecule has 4 N–H and O–H groups in total. The van der Waals surface area contributed by atoms with E-state index in [0.717, 1.165) is 4.57 Å². The van der Waals surface area contributed by atoms with Gasteiger partial charge in [-0.3, -0.25) is 14.2 Å². The van der Waals surface area contributed by atoms with Crippen LogP contribution in [-0.2, 0) is 11.8 Å². The maximum Gasteiger partial charge on any atom is 0.300 e. The van der Waals surface area contributed by atoms with Crippen molar-refractivity contribution in [3.63, 3.8) is 0 Å². The number of ether oxygens (including phenoxy) is 2. The van der Waals surface area contributed by atoms with Gasteiger partial charge in [0.1, 0.15) is 29.7 Å². The molecular formula is C13H19N3O7. The number of carbonyl (C=O) groups excluding carboxylic acids is 1. The van der Waals surface area contributed by atoms with Crippen LogP contribution in [0.2, 0.25) is 0 Å². The molecule has 0 unspecified atom stereocenters. The molecule has 1 aliphatic rings. The van der Waals surface area contributed by atoms with Crippen LogP contribution in [0.15, 0.2) is 4.79 Å². The highest BCUT2D eigenvalue weighted by molar-refractivity contribution is 5.98. The first-order valence-electron chi connectivity index (χ1n) is 6.86. The summed E-state index contributed by atoms with van der Waals surface area (Å²) in [5.41, 5.74) is -0.859.